The Morgan fingerprint density at radius 3 is 1.96 bits per heavy atom. The van der Waals surface area contributed by atoms with Crippen molar-refractivity contribution in [3.05, 3.63) is 34.9 Å². The van der Waals surface area contributed by atoms with Crippen LogP contribution in [0.2, 0.25) is 5.02 Å². The highest BCUT2D eigenvalue weighted by atomic mass is 35.5. The Morgan fingerprint density at radius 2 is 1.48 bits per heavy atom. The number of amides is 2. The molecule has 0 spiro atoms. The Morgan fingerprint density at radius 1 is 1.00 bits per heavy atom. The summed E-state index contributed by atoms with van der Waals surface area (Å²) in [7, 11) is 0. The zero-order chi connectivity index (χ0) is 16.8. The summed E-state index contributed by atoms with van der Waals surface area (Å²) in [5.41, 5.74) is -0.0952. The summed E-state index contributed by atoms with van der Waals surface area (Å²) in [4.78, 5) is 28.5. The third kappa shape index (κ3) is 3.04. The average molecular weight is 376 g/mol. The van der Waals surface area contributed by atoms with E-state index in [9.17, 15) is 9.59 Å². The molecule has 1 aromatic carbocycles. The van der Waals surface area contributed by atoms with Gasteiger partial charge in [0.05, 0.1) is 5.41 Å². The molecule has 23 heavy (non-hydrogen) atoms. The highest BCUT2D eigenvalue weighted by molar-refractivity contribution is 6.53. The van der Waals surface area contributed by atoms with Crippen LogP contribution < -0.4 is 0 Å². The topological polar surface area (TPSA) is 40.6 Å². The second-order valence-corrected chi connectivity index (χ2v) is 8.22. The molecule has 1 heterocycles. The van der Waals surface area contributed by atoms with Crippen LogP contribution >= 0.6 is 34.8 Å². The summed E-state index contributed by atoms with van der Waals surface area (Å²) in [6.45, 7) is 3.79. The van der Waals surface area contributed by atoms with Gasteiger partial charge in [-0.15, -0.1) is 23.2 Å². The molecule has 1 aromatic rings. The van der Waals surface area contributed by atoms with Crippen LogP contribution in [0.5, 0.6) is 0 Å². The van der Waals surface area contributed by atoms with Gasteiger partial charge in [0.15, 0.2) is 0 Å². The summed E-state index contributed by atoms with van der Waals surface area (Å²) in [6.07, 6.45) is 0.478. The maximum atomic E-state index is 12.5. The molecule has 0 N–H and O–H groups in total. The number of carbonyl (C=O) groups is 2. The SMILES string of the molecule is CC1(C(=O)N2CCN(C(=O)c3ccc(Cl)cc3)CC2)CC1(Cl)Cl. The molecule has 7 heteroatoms. The van der Waals surface area contributed by atoms with E-state index in [4.69, 9.17) is 34.8 Å². The van der Waals surface area contributed by atoms with Gasteiger partial charge in [0.1, 0.15) is 4.33 Å². The van der Waals surface area contributed by atoms with E-state index in [1.165, 1.54) is 0 Å². The van der Waals surface area contributed by atoms with E-state index in [-0.39, 0.29) is 11.8 Å². The number of piperazine rings is 1. The number of hydrogen-bond acceptors (Lipinski definition) is 2. The van der Waals surface area contributed by atoms with Crippen LogP contribution in [0.4, 0.5) is 0 Å². The highest BCUT2D eigenvalue weighted by Crippen LogP contribution is 2.64. The molecule has 1 unspecified atom stereocenters. The van der Waals surface area contributed by atoms with Crippen LogP contribution in [0, 0.1) is 5.41 Å². The molecule has 0 bridgehead atoms. The lowest BCUT2D eigenvalue weighted by atomic mass is 10.1. The van der Waals surface area contributed by atoms with E-state index in [0.29, 0.717) is 43.2 Å². The fourth-order valence-electron chi connectivity index (χ4n) is 2.87. The molecule has 0 radical (unpaired) electrons. The molecule has 4 nitrogen and oxygen atoms in total. The molecule has 124 valence electrons. The molecule has 1 atom stereocenters. The van der Waals surface area contributed by atoms with Gasteiger partial charge >= 0.3 is 0 Å². The normalized spacial score (nSPS) is 26.1. The number of hydrogen-bond donors (Lipinski definition) is 0. The number of alkyl halides is 2. The van der Waals surface area contributed by atoms with E-state index in [1.54, 1.807) is 41.0 Å². The van der Waals surface area contributed by atoms with Gasteiger partial charge in [-0.25, -0.2) is 0 Å². The van der Waals surface area contributed by atoms with Crippen LogP contribution in [-0.2, 0) is 4.79 Å². The standard InChI is InChI=1S/C16H17Cl3N2O2/c1-15(10-16(15,18)19)14(23)21-8-6-20(7-9-21)13(22)11-2-4-12(17)5-3-11/h2-5H,6-10H2,1H3. The van der Waals surface area contributed by atoms with Crippen LogP contribution in [0.25, 0.3) is 0 Å². The number of benzene rings is 1. The molecule has 1 aliphatic carbocycles. The van der Waals surface area contributed by atoms with Gasteiger partial charge in [0.2, 0.25) is 5.91 Å². The molecule has 2 amide bonds. The Balaban J connectivity index is 1.59. The summed E-state index contributed by atoms with van der Waals surface area (Å²) >= 11 is 18.0. The van der Waals surface area contributed by atoms with Gasteiger partial charge in [-0.2, -0.15) is 0 Å². The van der Waals surface area contributed by atoms with Gasteiger partial charge in [-0.05, 0) is 37.6 Å². The molecule has 2 aliphatic rings. The Hall–Kier alpha value is -0.970. The first-order valence-corrected chi connectivity index (χ1v) is 8.60. The first-order valence-electron chi connectivity index (χ1n) is 7.47. The van der Waals surface area contributed by atoms with E-state index in [0.717, 1.165) is 0 Å². The molecule has 3 rings (SSSR count). The predicted molar refractivity (Wildman–Crippen MR) is 91.1 cm³/mol. The van der Waals surface area contributed by atoms with Crippen molar-refractivity contribution in [3.63, 3.8) is 0 Å². The minimum absolute atomic E-state index is 0.0268. The smallest absolute Gasteiger partial charge is 0.253 e. The van der Waals surface area contributed by atoms with Crippen molar-refractivity contribution in [1.82, 2.24) is 9.80 Å². The van der Waals surface area contributed by atoms with Gasteiger partial charge in [-0.3, -0.25) is 9.59 Å². The maximum absolute atomic E-state index is 12.5. The van der Waals surface area contributed by atoms with Crippen LogP contribution in [-0.4, -0.2) is 52.1 Å². The number of carbonyl (C=O) groups excluding carboxylic acids is 2. The van der Waals surface area contributed by atoms with Crippen molar-refractivity contribution >= 4 is 46.6 Å². The molecular weight excluding hydrogens is 359 g/mol. The second-order valence-electron chi connectivity index (χ2n) is 6.30. The van der Waals surface area contributed by atoms with Crippen molar-refractivity contribution in [2.45, 2.75) is 17.7 Å². The van der Waals surface area contributed by atoms with E-state index < -0.39 is 9.75 Å². The van der Waals surface area contributed by atoms with Gasteiger partial charge < -0.3 is 9.80 Å². The minimum atomic E-state index is -0.958. The summed E-state index contributed by atoms with van der Waals surface area (Å²) < 4.78 is -0.958. The largest absolute Gasteiger partial charge is 0.339 e. The molecule has 1 saturated heterocycles. The van der Waals surface area contributed by atoms with E-state index in [1.807, 2.05) is 0 Å². The lowest BCUT2D eigenvalue weighted by molar-refractivity contribution is -0.137. The third-order valence-electron chi connectivity index (χ3n) is 4.68. The lowest BCUT2D eigenvalue weighted by Gasteiger charge is -2.36. The number of nitrogens with zero attached hydrogens (tertiary/aromatic N) is 2. The van der Waals surface area contributed by atoms with Crippen molar-refractivity contribution < 1.29 is 9.59 Å². The Kier molecular flexibility index (Phi) is 4.28. The van der Waals surface area contributed by atoms with Gasteiger partial charge in [0, 0.05) is 36.8 Å². The molecule has 0 aromatic heterocycles. The zero-order valence-corrected chi connectivity index (χ0v) is 15.0. The van der Waals surface area contributed by atoms with Crippen LogP contribution in [0.3, 0.4) is 0 Å². The van der Waals surface area contributed by atoms with Gasteiger partial charge in [-0.1, -0.05) is 11.6 Å². The van der Waals surface area contributed by atoms with E-state index >= 15 is 0 Å². The van der Waals surface area contributed by atoms with Crippen molar-refractivity contribution in [2.75, 3.05) is 26.2 Å². The zero-order valence-electron chi connectivity index (χ0n) is 12.7. The maximum Gasteiger partial charge on any atom is 0.253 e. The minimum Gasteiger partial charge on any atom is -0.339 e. The Bertz CT molecular complexity index is 639. The van der Waals surface area contributed by atoms with Crippen molar-refractivity contribution in [2.24, 2.45) is 5.41 Å². The van der Waals surface area contributed by atoms with Crippen molar-refractivity contribution in [1.29, 1.82) is 0 Å². The first-order chi connectivity index (χ1) is 10.7. The average Bonchev–Trinajstić information content (AvgIpc) is 3.06. The van der Waals surface area contributed by atoms with Crippen molar-refractivity contribution in [3.8, 4) is 0 Å². The molecule has 2 fully saturated rings. The number of halogens is 3. The van der Waals surface area contributed by atoms with Crippen LogP contribution in [0.15, 0.2) is 24.3 Å². The summed E-state index contributed by atoms with van der Waals surface area (Å²) in [6, 6.07) is 6.82. The fourth-order valence-corrected chi connectivity index (χ4v) is 3.69. The van der Waals surface area contributed by atoms with E-state index in [2.05, 4.69) is 0 Å². The van der Waals surface area contributed by atoms with Crippen LogP contribution in [0.1, 0.15) is 23.7 Å². The second kappa shape index (κ2) is 5.83. The highest BCUT2D eigenvalue weighted by Gasteiger charge is 2.68. The summed E-state index contributed by atoms with van der Waals surface area (Å²) in [5.74, 6) is -0.0727. The summed E-state index contributed by atoms with van der Waals surface area (Å²) in [5, 5.41) is 0.597. The quantitative estimate of drug-likeness (QED) is 0.745. The molecule has 1 saturated carbocycles. The molecular formula is C16H17Cl3N2O2. The first kappa shape index (κ1) is 16.9. The molecule has 1 aliphatic heterocycles. The van der Waals surface area contributed by atoms with Gasteiger partial charge in [0.25, 0.3) is 5.91 Å². The third-order valence-corrected chi connectivity index (χ3v) is 6.03. The predicted octanol–water partition coefficient (Wildman–Crippen LogP) is 3.21. The lowest BCUT2D eigenvalue weighted by Crippen LogP contribution is -2.52. The fraction of sp³-hybridized carbons (Fsp3) is 0.500. The number of rotatable bonds is 2. The Labute approximate surface area is 150 Å². The monoisotopic (exact) mass is 374 g/mol.